The summed E-state index contributed by atoms with van der Waals surface area (Å²) in [5, 5.41) is 0. The van der Waals surface area contributed by atoms with Crippen molar-refractivity contribution in [2.45, 2.75) is 264 Å². The van der Waals surface area contributed by atoms with Crippen LogP contribution < -0.4 is 0 Å². The molecular formula is C62H104O6. The summed E-state index contributed by atoms with van der Waals surface area (Å²) in [4.78, 5) is 38.1. The first-order valence-corrected chi connectivity index (χ1v) is 28.2. The zero-order valence-corrected chi connectivity index (χ0v) is 44.3. The molecule has 6 nitrogen and oxygen atoms in total. The third-order valence-corrected chi connectivity index (χ3v) is 11.8. The van der Waals surface area contributed by atoms with Crippen molar-refractivity contribution < 1.29 is 28.6 Å². The number of carbonyl (C=O) groups is 3. The van der Waals surface area contributed by atoms with Crippen LogP contribution in [0.2, 0.25) is 0 Å². The lowest BCUT2D eigenvalue weighted by Gasteiger charge is -2.18. The van der Waals surface area contributed by atoms with Gasteiger partial charge in [-0.25, -0.2) is 0 Å². The summed E-state index contributed by atoms with van der Waals surface area (Å²) in [6.45, 7) is 6.37. The van der Waals surface area contributed by atoms with Crippen LogP contribution in [0.4, 0.5) is 0 Å². The van der Waals surface area contributed by atoms with E-state index in [1.165, 1.54) is 96.3 Å². The normalized spacial score (nSPS) is 12.8. The number of rotatable bonds is 50. The van der Waals surface area contributed by atoms with E-state index in [0.29, 0.717) is 19.3 Å². The molecule has 0 amide bonds. The summed E-state index contributed by atoms with van der Waals surface area (Å²) < 4.78 is 16.8. The highest BCUT2D eigenvalue weighted by molar-refractivity contribution is 5.71. The molecule has 0 bridgehead atoms. The van der Waals surface area contributed by atoms with E-state index in [1.54, 1.807) is 0 Å². The summed E-state index contributed by atoms with van der Waals surface area (Å²) in [5.74, 6) is -0.915. The van der Waals surface area contributed by atoms with Crippen LogP contribution in [0.15, 0.2) is 97.2 Å². The lowest BCUT2D eigenvalue weighted by atomic mass is 10.1. The average Bonchev–Trinajstić information content (AvgIpc) is 3.34. The second kappa shape index (κ2) is 55.9. The first-order valence-electron chi connectivity index (χ1n) is 28.2. The van der Waals surface area contributed by atoms with Gasteiger partial charge in [-0.2, -0.15) is 0 Å². The number of hydrogen-bond acceptors (Lipinski definition) is 6. The molecule has 68 heavy (non-hydrogen) atoms. The van der Waals surface area contributed by atoms with Crippen LogP contribution in [0.25, 0.3) is 0 Å². The van der Waals surface area contributed by atoms with Crippen LogP contribution >= 0.6 is 0 Å². The molecule has 0 aliphatic carbocycles. The highest BCUT2D eigenvalue weighted by Crippen LogP contribution is 2.15. The molecule has 0 aromatic heterocycles. The quantitative estimate of drug-likeness (QED) is 0.0262. The van der Waals surface area contributed by atoms with Gasteiger partial charge in [-0.1, -0.05) is 221 Å². The van der Waals surface area contributed by atoms with E-state index in [4.69, 9.17) is 14.2 Å². The summed E-state index contributed by atoms with van der Waals surface area (Å²) >= 11 is 0. The number of carbonyl (C=O) groups excluding carboxylic acids is 3. The number of hydrogen-bond donors (Lipinski definition) is 0. The Morgan fingerprint density at radius 3 is 0.912 bits per heavy atom. The molecule has 0 heterocycles. The summed E-state index contributed by atoms with van der Waals surface area (Å²) in [7, 11) is 0. The van der Waals surface area contributed by atoms with Gasteiger partial charge in [0.25, 0.3) is 0 Å². The van der Waals surface area contributed by atoms with Gasteiger partial charge >= 0.3 is 17.9 Å². The van der Waals surface area contributed by atoms with Crippen molar-refractivity contribution in [3.8, 4) is 0 Å². The van der Waals surface area contributed by atoms with Gasteiger partial charge in [0.1, 0.15) is 13.2 Å². The smallest absolute Gasteiger partial charge is 0.306 e. The van der Waals surface area contributed by atoms with Crippen molar-refractivity contribution in [1.82, 2.24) is 0 Å². The van der Waals surface area contributed by atoms with Crippen molar-refractivity contribution in [3.63, 3.8) is 0 Å². The van der Waals surface area contributed by atoms with Gasteiger partial charge in [-0.3, -0.25) is 14.4 Å². The Labute approximate surface area is 419 Å². The highest BCUT2D eigenvalue weighted by Gasteiger charge is 2.19. The Morgan fingerprint density at radius 2 is 0.574 bits per heavy atom. The lowest BCUT2D eigenvalue weighted by Crippen LogP contribution is -2.30. The average molecular weight is 946 g/mol. The topological polar surface area (TPSA) is 78.9 Å². The predicted octanol–water partition coefficient (Wildman–Crippen LogP) is 18.9. The van der Waals surface area contributed by atoms with Gasteiger partial charge < -0.3 is 14.2 Å². The zero-order chi connectivity index (χ0) is 49.3. The Kier molecular flexibility index (Phi) is 52.9. The maximum Gasteiger partial charge on any atom is 0.306 e. The van der Waals surface area contributed by atoms with Crippen LogP contribution in [0, 0.1) is 0 Å². The molecule has 388 valence electrons. The molecule has 0 fully saturated rings. The van der Waals surface area contributed by atoms with Crippen LogP contribution in [-0.2, 0) is 28.6 Å². The minimum absolute atomic E-state index is 0.0891. The molecule has 0 aromatic carbocycles. The molecule has 0 saturated heterocycles. The van der Waals surface area contributed by atoms with Gasteiger partial charge in [0, 0.05) is 19.3 Å². The molecule has 0 rings (SSSR count). The van der Waals surface area contributed by atoms with Crippen LogP contribution in [0.1, 0.15) is 258 Å². The molecule has 0 spiro atoms. The number of unbranched alkanes of at least 4 members (excludes halogenated alkanes) is 23. The molecule has 0 radical (unpaired) electrons. The van der Waals surface area contributed by atoms with Crippen LogP contribution in [0.5, 0.6) is 0 Å². The Hall–Kier alpha value is -3.67. The van der Waals surface area contributed by atoms with E-state index >= 15 is 0 Å². The van der Waals surface area contributed by atoms with Gasteiger partial charge in [-0.05, 0) is 116 Å². The van der Waals surface area contributed by atoms with E-state index in [2.05, 4.69) is 118 Å². The van der Waals surface area contributed by atoms with Crippen molar-refractivity contribution in [3.05, 3.63) is 97.2 Å². The van der Waals surface area contributed by atoms with Crippen LogP contribution in [-0.4, -0.2) is 37.2 Å². The molecule has 6 heteroatoms. The largest absolute Gasteiger partial charge is 0.462 e. The Morgan fingerprint density at radius 1 is 0.309 bits per heavy atom. The third kappa shape index (κ3) is 53.3. The minimum Gasteiger partial charge on any atom is -0.462 e. The van der Waals surface area contributed by atoms with Crippen molar-refractivity contribution in [1.29, 1.82) is 0 Å². The monoisotopic (exact) mass is 945 g/mol. The number of ether oxygens (including phenoxy) is 3. The fourth-order valence-corrected chi connectivity index (χ4v) is 7.62. The molecule has 0 aromatic rings. The van der Waals surface area contributed by atoms with E-state index in [9.17, 15) is 14.4 Å². The molecule has 0 saturated carbocycles. The molecule has 1 atom stereocenters. The summed E-state index contributed by atoms with van der Waals surface area (Å²) in [5.41, 5.74) is 0. The van der Waals surface area contributed by atoms with Crippen molar-refractivity contribution in [2.24, 2.45) is 0 Å². The maximum atomic E-state index is 12.9. The third-order valence-electron chi connectivity index (χ3n) is 11.8. The summed E-state index contributed by atoms with van der Waals surface area (Å²) in [6, 6.07) is 0. The first-order chi connectivity index (χ1) is 33.5. The van der Waals surface area contributed by atoms with E-state index in [0.717, 1.165) is 122 Å². The zero-order valence-electron chi connectivity index (χ0n) is 44.3. The Bertz CT molecular complexity index is 1360. The van der Waals surface area contributed by atoms with E-state index in [-0.39, 0.29) is 31.1 Å². The van der Waals surface area contributed by atoms with Crippen molar-refractivity contribution >= 4 is 17.9 Å². The standard InChI is InChI=1S/C62H104O6/c1-4-7-10-13-16-19-22-25-27-29-31-33-35-37-40-43-46-49-52-55-61(64)67-58-59(57-66-60(63)54-51-48-45-42-39-24-21-18-15-12-9-6-3)68-62(65)56-53-50-47-44-41-38-36-34-32-30-28-26-23-20-17-14-11-8-5-2/h7-8,10-11,16-21,25-28,31,33,59H,4-6,9,12-15,22-24,29-30,32,34-58H2,1-3H3/b10-7-,11-8-,19-16-,20-17-,21-18-,27-25-,28-26-,33-31-. The summed E-state index contributed by atoms with van der Waals surface area (Å²) in [6.07, 6.45) is 73.9. The maximum absolute atomic E-state index is 12.9. The van der Waals surface area contributed by atoms with Gasteiger partial charge in [-0.15, -0.1) is 0 Å². The molecule has 0 aliphatic heterocycles. The highest BCUT2D eigenvalue weighted by atomic mass is 16.6. The molecule has 0 N–H and O–H groups in total. The lowest BCUT2D eigenvalue weighted by molar-refractivity contribution is -0.167. The van der Waals surface area contributed by atoms with E-state index < -0.39 is 6.10 Å². The fourth-order valence-electron chi connectivity index (χ4n) is 7.62. The van der Waals surface area contributed by atoms with Gasteiger partial charge in [0.05, 0.1) is 0 Å². The number of allylic oxidation sites excluding steroid dienone is 16. The SMILES string of the molecule is CC/C=C\C/C=C\C/C=C\C/C=C\CCCCCCCCC(=O)OCC(COC(=O)CCCCCCC/C=C\CCCCC)OC(=O)CCCCCCCCCCC/C=C\C/C=C\C/C=C\CC. The van der Waals surface area contributed by atoms with Gasteiger partial charge in [0.2, 0.25) is 0 Å². The second-order valence-electron chi connectivity index (χ2n) is 18.4. The first kappa shape index (κ1) is 64.3. The fraction of sp³-hybridized carbons (Fsp3) is 0.694. The van der Waals surface area contributed by atoms with E-state index in [1.807, 2.05) is 0 Å². The second-order valence-corrected chi connectivity index (χ2v) is 18.4. The van der Waals surface area contributed by atoms with Gasteiger partial charge in [0.15, 0.2) is 6.10 Å². The van der Waals surface area contributed by atoms with Crippen LogP contribution in [0.3, 0.4) is 0 Å². The molecule has 1 unspecified atom stereocenters. The molecule has 0 aliphatic rings. The van der Waals surface area contributed by atoms with Crippen molar-refractivity contribution in [2.75, 3.05) is 13.2 Å². The number of esters is 3. The Balaban J connectivity index is 4.40. The molecular weight excluding hydrogens is 841 g/mol. The predicted molar refractivity (Wildman–Crippen MR) is 293 cm³/mol. The minimum atomic E-state index is -0.791.